The van der Waals surface area contributed by atoms with Gasteiger partial charge in [0.1, 0.15) is 29.0 Å². The van der Waals surface area contributed by atoms with Crippen molar-refractivity contribution in [2.24, 2.45) is 0 Å². The summed E-state index contributed by atoms with van der Waals surface area (Å²) in [5.74, 6) is -0.391. The molecule has 0 saturated carbocycles. The molecule has 0 spiro atoms. The number of carbonyl (C=O) groups is 2. The number of hydrogen-bond acceptors (Lipinski definition) is 7. The molecule has 2 saturated heterocycles. The van der Waals surface area contributed by atoms with Gasteiger partial charge in [-0.05, 0) is 17.7 Å². The Balaban J connectivity index is 1.50. The number of halogens is 1. The Bertz CT molecular complexity index is 1140. The average Bonchev–Trinajstić information content (AvgIpc) is 3.12. The van der Waals surface area contributed by atoms with Crippen LogP contribution in [0.2, 0.25) is 5.02 Å². The normalized spacial score (nSPS) is 20.4. The number of amides is 2. The van der Waals surface area contributed by atoms with Gasteiger partial charge in [-0.15, -0.1) is 0 Å². The average molecular weight is 480 g/mol. The number of fused-ring (bicyclic) bond motifs is 1. The summed E-state index contributed by atoms with van der Waals surface area (Å²) in [4.78, 5) is 29.9. The van der Waals surface area contributed by atoms with Crippen molar-refractivity contribution in [3.8, 4) is 5.75 Å². The van der Waals surface area contributed by atoms with Crippen molar-refractivity contribution in [3.63, 3.8) is 0 Å². The molecule has 2 fully saturated rings. The van der Waals surface area contributed by atoms with Gasteiger partial charge >= 0.3 is 6.09 Å². The van der Waals surface area contributed by atoms with Crippen LogP contribution >= 0.6 is 11.6 Å². The minimum absolute atomic E-state index is 0.0400. The molecule has 0 radical (unpaired) electrons. The first-order valence-corrected chi connectivity index (χ1v) is 12.3. The van der Waals surface area contributed by atoms with E-state index in [1.165, 1.54) is 6.07 Å². The third-order valence-corrected chi connectivity index (χ3v) is 6.78. The van der Waals surface area contributed by atoms with E-state index in [-0.39, 0.29) is 47.7 Å². The molecule has 2 aromatic rings. The predicted octanol–water partition coefficient (Wildman–Crippen LogP) is 2.43. The van der Waals surface area contributed by atoms with E-state index < -0.39 is 15.7 Å². The fourth-order valence-electron chi connectivity index (χ4n) is 3.74. The fourth-order valence-corrected chi connectivity index (χ4v) is 4.59. The van der Waals surface area contributed by atoms with Crippen LogP contribution in [-0.2, 0) is 21.1 Å². The minimum atomic E-state index is -3.63. The first kappa shape index (κ1) is 22.3. The van der Waals surface area contributed by atoms with E-state index in [2.05, 4.69) is 10.3 Å². The van der Waals surface area contributed by atoms with E-state index in [1.54, 1.807) is 29.2 Å². The number of aromatic nitrogens is 1. The Labute approximate surface area is 190 Å². The first-order chi connectivity index (χ1) is 15.2. The van der Waals surface area contributed by atoms with E-state index in [1.807, 2.05) is 0 Å². The number of piperidine rings is 1. The number of rotatable bonds is 6. The maximum atomic E-state index is 12.6. The van der Waals surface area contributed by atoms with E-state index in [4.69, 9.17) is 21.1 Å². The van der Waals surface area contributed by atoms with Crippen molar-refractivity contribution < 1.29 is 27.5 Å². The molecule has 4 rings (SSSR count). The second kappa shape index (κ2) is 8.95. The summed E-state index contributed by atoms with van der Waals surface area (Å²) in [5.41, 5.74) is 0.894. The Hall–Kier alpha value is -2.85. The lowest BCUT2D eigenvalue weighted by atomic mass is 10.0. The van der Waals surface area contributed by atoms with E-state index in [9.17, 15) is 18.0 Å². The van der Waals surface area contributed by atoms with Crippen LogP contribution in [0.25, 0.3) is 0 Å². The standard InChI is InChI=1S/C21H22ClN3O6S/c1-32(28,29)19-11-23-17(20(26)24-10-13-2-4-14(22)5-3-13)9-18(19)31-16-6-7-25-15(8-16)12-30-21(25)27/h2-5,9,11,15-16H,6-8,10,12H2,1H3,(H,24,26)/t15-,16-/m0/s1. The Morgan fingerprint density at radius 2 is 2.09 bits per heavy atom. The summed E-state index contributed by atoms with van der Waals surface area (Å²) < 4.78 is 35.6. The summed E-state index contributed by atoms with van der Waals surface area (Å²) >= 11 is 5.87. The molecule has 1 N–H and O–H groups in total. The SMILES string of the molecule is CS(=O)(=O)c1cnc(C(=O)NCc2ccc(Cl)cc2)cc1O[C@H]1CCN2C(=O)OC[C@@H]2C1. The molecule has 32 heavy (non-hydrogen) atoms. The van der Waals surface area contributed by atoms with Crippen LogP contribution < -0.4 is 10.1 Å². The highest BCUT2D eigenvalue weighted by Gasteiger charge is 2.39. The van der Waals surface area contributed by atoms with E-state index in [0.717, 1.165) is 18.0 Å². The molecule has 0 aliphatic carbocycles. The summed E-state index contributed by atoms with van der Waals surface area (Å²) in [5, 5.41) is 3.35. The number of nitrogens with one attached hydrogen (secondary N) is 1. The van der Waals surface area contributed by atoms with Crippen LogP contribution in [0, 0.1) is 0 Å². The van der Waals surface area contributed by atoms with Crippen LogP contribution in [0.5, 0.6) is 5.75 Å². The quantitative estimate of drug-likeness (QED) is 0.676. The van der Waals surface area contributed by atoms with Crippen LogP contribution in [0.15, 0.2) is 41.4 Å². The van der Waals surface area contributed by atoms with Gasteiger partial charge in [0.2, 0.25) is 0 Å². The molecule has 0 unspecified atom stereocenters. The zero-order valence-electron chi connectivity index (χ0n) is 17.3. The molecule has 2 atom stereocenters. The zero-order chi connectivity index (χ0) is 22.9. The van der Waals surface area contributed by atoms with Crippen molar-refractivity contribution in [2.75, 3.05) is 19.4 Å². The number of cyclic esters (lactones) is 1. The molecule has 2 amide bonds. The molecular weight excluding hydrogens is 458 g/mol. The summed E-state index contributed by atoms with van der Waals surface area (Å²) in [6, 6.07) is 8.27. The lowest BCUT2D eigenvalue weighted by Crippen LogP contribution is -2.44. The number of benzene rings is 1. The van der Waals surface area contributed by atoms with Gasteiger partial charge < -0.3 is 19.7 Å². The number of sulfone groups is 1. The van der Waals surface area contributed by atoms with Gasteiger partial charge in [-0.3, -0.25) is 4.79 Å². The van der Waals surface area contributed by atoms with Gasteiger partial charge in [0.25, 0.3) is 5.91 Å². The molecule has 2 aliphatic rings. The molecule has 1 aromatic carbocycles. The Kier molecular flexibility index (Phi) is 6.25. The predicted molar refractivity (Wildman–Crippen MR) is 115 cm³/mol. The van der Waals surface area contributed by atoms with Crippen LogP contribution in [0.3, 0.4) is 0 Å². The third kappa shape index (κ3) is 4.97. The third-order valence-electron chi connectivity index (χ3n) is 5.43. The van der Waals surface area contributed by atoms with Gasteiger partial charge in [-0.1, -0.05) is 23.7 Å². The first-order valence-electron chi connectivity index (χ1n) is 10.0. The van der Waals surface area contributed by atoms with Crippen molar-refractivity contribution in [1.29, 1.82) is 0 Å². The highest BCUT2D eigenvalue weighted by atomic mass is 35.5. The van der Waals surface area contributed by atoms with Gasteiger partial charge in [0.05, 0.1) is 12.2 Å². The molecule has 11 heteroatoms. The minimum Gasteiger partial charge on any atom is -0.489 e. The van der Waals surface area contributed by atoms with Crippen molar-refractivity contribution in [2.45, 2.75) is 36.4 Å². The number of hydrogen-bond donors (Lipinski definition) is 1. The van der Waals surface area contributed by atoms with Crippen molar-refractivity contribution >= 4 is 33.4 Å². The Morgan fingerprint density at radius 3 is 2.81 bits per heavy atom. The summed E-state index contributed by atoms with van der Waals surface area (Å²) in [6.45, 7) is 1.00. The van der Waals surface area contributed by atoms with Crippen LogP contribution in [0.1, 0.15) is 28.9 Å². The molecule has 9 nitrogen and oxygen atoms in total. The second-order valence-corrected chi connectivity index (χ2v) is 10.2. The van der Waals surface area contributed by atoms with Crippen molar-refractivity contribution in [1.82, 2.24) is 15.2 Å². The topological polar surface area (TPSA) is 115 Å². The van der Waals surface area contributed by atoms with Gasteiger partial charge in [0.15, 0.2) is 9.84 Å². The lowest BCUT2D eigenvalue weighted by Gasteiger charge is -2.32. The highest BCUT2D eigenvalue weighted by Crippen LogP contribution is 2.30. The fraction of sp³-hybridized carbons (Fsp3) is 0.381. The van der Waals surface area contributed by atoms with Crippen molar-refractivity contribution in [3.05, 3.63) is 52.8 Å². The monoisotopic (exact) mass is 479 g/mol. The maximum absolute atomic E-state index is 12.6. The largest absolute Gasteiger partial charge is 0.489 e. The smallest absolute Gasteiger partial charge is 0.410 e. The number of nitrogens with zero attached hydrogens (tertiary/aromatic N) is 2. The van der Waals surface area contributed by atoms with Gasteiger partial charge in [-0.2, -0.15) is 0 Å². The van der Waals surface area contributed by atoms with Crippen LogP contribution in [-0.4, -0.2) is 61.9 Å². The summed E-state index contributed by atoms with van der Waals surface area (Å²) in [6.07, 6.45) is 2.57. The Morgan fingerprint density at radius 1 is 1.34 bits per heavy atom. The summed E-state index contributed by atoms with van der Waals surface area (Å²) in [7, 11) is -3.63. The molecular formula is C21H22ClN3O6S. The highest BCUT2D eigenvalue weighted by molar-refractivity contribution is 7.90. The molecule has 1 aromatic heterocycles. The van der Waals surface area contributed by atoms with E-state index in [0.29, 0.717) is 24.4 Å². The van der Waals surface area contributed by atoms with Crippen LogP contribution in [0.4, 0.5) is 4.79 Å². The van der Waals surface area contributed by atoms with Gasteiger partial charge in [0, 0.05) is 43.3 Å². The molecule has 2 aliphatic heterocycles. The number of carbonyl (C=O) groups excluding carboxylic acids is 2. The zero-order valence-corrected chi connectivity index (χ0v) is 18.9. The second-order valence-electron chi connectivity index (χ2n) is 7.79. The molecule has 170 valence electrons. The number of pyridine rings is 1. The molecule has 3 heterocycles. The molecule has 0 bridgehead atoms. The van der Waals surface area contributed by atoms with E-state index >= 15 is 0 Å². The lowest BCUT2D eigenvalue weighted by molar-refractivity contribution is 0.0896. The number of ether oxygens (including phenoxy) is 2. The van der Waals surface area contributed by atoms with Gasteiger partial charge in [-0.25, -0.2) is 18.2 Å². The maximum Gasteiger partial charge on any atom is 0.410 e.